The number of carbonyl (C=O) groups is 1. The van der Waals surface area contributed by atoms with Crippen molar-refractivity contribution >= 4 is 49.7 Å². The van der Waals surface area contributed by atoms with Gasteiger partial charge >= 0.3 is 0 Å². The molecule has 1 aromatic heterocycles. The van der Waals surface area contributed by atoms with Gasteiger partial charge in [0.05, 0.1) is 17.0 Å². The number of nitrogens with zero attached hydrogens (tertiary/aromatic N) is 1. The van der Waals surface area contributed by atoms with Crippen LogP contribution in [-0.4, -0.2) is 10.8 Å². The number of pyridine rings is 1. The van der Waals surface area contributed by atoms with E-state index < -0.39 is 0 Å². The first-order chi connectivity index (χ1) is 25.6. The summed E-state index contributed by atoms with van der Waals surface area (Å²) in [5.41, 5.74) is 14.5. The number of hydrogen-bond acceptors (Lipinski definition) is 2. The summed E-state index contributed by atoms with van der Waals surface area (Å²) in [4.78, 5) is 19.6. The molecule has 0 atom stereocenters. The highest BCUT2D eigenvalue weighted by Crippen LogP contribution is 2.49. The summed E-state index contributed by atoms with van der Waals surface area (Å²) in [6.07, 6.45) is 8.00. The minimum absolute atomic E-state index is 0.0224. The van der Waals surface area contributed by atoms with Gasteiger partial charge < -0.3 is 0 Å². The van der Waals surface area contributed by atoms with E-state index in [0.29, 0.717) is 11.1 Å². The Morgan fingerprint density at radius 2 is 1.19 bits per heavy atom. The fourth-order valence-corrected chi connectivity index (χ4v) is 8.62. The average molecular weight is 658 g/mol. The zero-order valence-electron chi connectivity index (χ0n) is 27.9. The predicted octanol–water partition coefficient (Wildman–Crippen LogP) is 12.1. The van der Waals surface area contributed by atoms with E-state index in [9.17, 15) is 4.79 Å². The molecule has 0 radical (unpaired) electrons. The van der Waals surface area contributed by atoms with Crippen LogP contribution in [-0.2, 0) is 0 Å². The van der Waals surface area contributed by atoms with Gasteiger partial charge in [-0.05, 0) is 107 Å². The van der Waals surface area contributed by atoms with E-state index in [0.717, 1.165) is 61.3 Å². The first kappa shape index (κ1) is 28.7. The van der Waals surface area contributed by atoms with Crippen molar-refractivity contribution in [1.82, 2.24) is 4.98 Å². The standard InChI is InChI=1S/C50H27NO/c1-2-29-9-7-10-30(25-29)26-42-36-14-4-3-13-35(36)37-23-21-34(27-43(37)42)45-28-44(48-49(51-45)40-15-5-6-16-41(40)50(48)52)38-22-19-33-18-17-31-11-8-12-32-20-24-39(38)47(33)46(31)32/h1,3-28H/b42-26-. The molecular weight excluding hydrogens is 631 g/mol. The third kappa shape index (κ3) is 4.02. The molecule has 0 amide bonds. The molecule has 11 rings (SSSR count). The van der Waals surface area contributed by atoms with Gasteiger partial charge in [0.15, 0.2) is 5.78 Å². The molecule has 8 aromatic carbocycles. The molecular formula is C50H27NO. The van der Waals surface area contributed by atoms with Crippen LogP contribution in [0.3, 0.4) is 0 Å². The van der Waals surface area contributed by atoms with Crippen LogP contribution in [0, 0.1) is 12.3 Å². The van der Waals surface area contributed by atoms with Crippen molar-refractivity contribution in [3.63, 3.8) is 0 Å². The summed E-state index contributed by atoms with van der Waals surface area (Å²) >= 11 is 0. The first-order valence-corrected chi connectivity index (χ1v) is 17.5. The lowest BCUT2D eigenvalue weighted by atomic mass is 9.87. The van der Waals surface area contributed by atoms with Crippen LogP contribution < -0.4 is 0 Å². The number of hydrogen-bond donors (Lipinski definition) is 0. The van der Waals surface area contributed by atoms with Crippen LogP contribution in [0.2, 0.25) is 0 Å². The molecule has 0 spiro atoms. The minimum atomic E-state index is 0.0224. The molecule has 2 nitrogen and oxygen atoms in total. The highest BCUT2D eigenvalue weighted by atomic mass is 16.1. The Morgan fingerprint density at radius 1 is 0.519 bits per heavy atom. The van der Waals surface area contributed by atoms with Crippen molar-refractivity contribution in [2.24, 2.45) is 0 Å². The largest absolute Gasteiger partial charge is 0.288 e. The molecule has 2 aliphatic carbocycles. The Hall–Kier alpha value is -7.08. The fraction of sp³-hybridized carbons (Fsp3) is 0. The van der Waals surface area contributed by atoms with E-state index in [2.05, 4.69) is 127 Å². The predicted molar refractivity (Wildman–Crippen MR) is 214 cm³/mol. The zero-order valence-corrected chi connectivity index (χ0v) is 27.9. The summed E-state index contributed by atoms with van der Waals surface area (Å²) < 4.78 is 0. The number of aromatic nitrogens is 1. The van der Waals surface area contributed by atoms with Gasteiger partial charge in [-0.15, -0.1) is 6.42 Å². The maximum absolute atomic E-state index is 14.3. The number of ketones is 1. The van der Waals surface area contributed by atoms with E-state index >= 15 is 0 Å². The molecule has 2 aliphatic rings. The van der Waals surface area contributed by atoms with Crippen molar-refractivity contribution in [3.05, 3.63) is 185 Å². The lowest BCUT2D eigenvalue weighted by molar-refractivity contribution is 0.104. The molecule has 0 N–H and O–H groups in total. The van der Waals surface area contributed by atoms with E-state index in [-0.39, 0.29) is 5.78 Å². The molecule has 0 saturated heterocycles. The summed E-state index contributed by atoms with van der Waals surface area (Å²) in [6, 6.07) is 53.0. The van der Waals surface area contributed by atoms with Gasteiger partial charge in [-0.3, -0.25) is 4.79 Å². The highest BCUT2D eigenvalue weighted by Gasteiger charge is 2.33. The Kier molecular flexibility index (Phi) is 5.92. The lowest BCUT2D eigenvalue weighted by Gasteiger charge is -2.17. The second kappa shape index (κ2) is 10.7. The number of terminal acetylenes is 1. The second-order valence-corrected chi connectivity index (χ2v) is 13.8. The third-order valence-corrected chi connectivity index (χ3v) is 11.0. The zero-order chi connectivity index (χ0) is 34.5. The third-order valence-electron chi connectivity index (χ3n) is 11.0. The molecule has 0 aliphatic heterocycles. The molecule has 238 valence electrons. The van der Waals surface area contributed by atoms with Crippen molar-refractivity contribution in [1.29, 1.82) is 0 Å². The van der Waals surface area contributed by atoms with E-state index in [1.54, 1.807) is 0 Å². The molecule has 0 saturated carbocycles. The Labute approximate surface area is 300 Å². The normalized spacial score (nSPS) is 13.4. The van der Waals surface area contributed by atoms with Crippen LogP contribution in [0.25, 0.3) is 88.7 Å². The van der Waals surface area contributed by atoms with Gasteiger partial charge in [-0.1, -0.05) is 133 Å². The van der Waals surface area contributed by atoms with Crippen molar-refractivity contribution in [2.75, 3.05) is 0 Å². The fourth-order valence-electron chi connectivity index (χ4n) is 8.62. The summed E-state index contributed by atoms with van der Waals surface area (Å²) in [6.45, 7) is 0. The average Bonchev–Trinajstić information content (AvgIpc) is 3.67. The van der Waals surface area contributed by atoms with Crippen molar-refractivity contribution in [3.8, 4) is 57.1 Å². The summed E-state index contributed by atoms with van der Waals surface area (Å²) in [7, 11) is 0. The SMILES string of the molecule is C#Cc1cccc(/C=C2/c3ccccc3-c3ccc(-c4cc(-c5ccc6ccc7cccc8ccc5c6c78)c5c(n4)-c4ccccc4C5=O)cc32)c1. The smallest absolute Gasteiger partial charge is 0.196 e. The Balaban J connectivity index is 1.17. The molecule has 2 heteroatoms. The van der Waals surface area contributed by atoms with Gasteiger partial charge in [0.2, 0.25) is 0 Å². The highest BCUT2D eigenvalue weighted by molar-refractivity contribution is 6.28. The first-order valence-electron chi connectivity index (χ1n) is 17.5. The molecule has 1 heterocycles. The van der Waals surface area contributed by atoms with Crippen molar-refractivity contribution in [2.45, 2.75) is 0 Å². The Bertz CT molecular complexity index is 3080. The Morgan fingerprint density at radius 3 is 2.02 bits per heavy atom. The lowest BCUT2D eigenvalue weighted by Crippen LogP contribution is -2.01. The minimum Gasteiger partial charge on any atom is -0.288 e. The quantitative estimate of drug-likeness (QED) is 0.140. The number of fused-ring (bicyclic) bond motifs is 6. The molecule has 0 bridgehead atoms. The summed E-state index contributed by atoms with van der Waals surface area (Å²) in [5.74, 6) is 2.80. The molecule has 0 fully saturated rings. The van der Waals surface area contributed by atoms with Crippen LogP contribution in [0.5, 0.6) is 0 Å². The van der Waals surface area contributed by atoms with E-state index in [1.807, 2.05) is 36.4 Å². The van der Waals surface area contributed by atoms with Gasteiger partial charge in [0.25, 0.3) is 0 Å². The number of benzene rings is 8. The maximum Gasteiger partial charge on any atom is 0.196 e. The maximum atomic E-state index is 14.3. The molecule has 0 unspecified atom stereocenters. The van der Waals surface area contributed by atoms with Gasteiger partial charge in [-0.25, -0.2) is 4.98 Å². The van der Waals surface area contributed by atoms with Gasteiger partial charge in [-0.2, -0.15) is 0 Å². The second-order valence-electron chi connectivity index (χ2n) is 13.8. The summed E-state index contributed by atoms with van der Waals surface area (Å²) in [5, 5.41) is 7.23. The van der Waals surface area contributed by atoms with Crippen LogP contribution in [0.4, 0.5) is 0 Å². The van der Waals surface area contributed by atoms with Crippen LogP contribution in [0.15, 0.2) is 152 Å². The molecule has 9 aromatic rings. The van der Waals surface area contributed by atoms with Crippen LogP contribution in [0.1, 0.15) is 38.2 Å². The van der Waals surface area contributed by atoms with Crippen LogP contribution >= 0.6 is 0 Å². The van der Waals surface area contributed by atoms with Gasteiger partial charge in [0.1, 0.15) is 0 Å². The van der Waals surface area contributed by atoms with Crippen molar-refractivity contribution < 1.29 is 4.79 Å². The number of rotatable bonds is 3. The van der Waals surface area contributed by atoms with Gasteiger partial charge in [0, 0.05) is 22.3 Å². The van der Waals surface area contributed by atoms with E-state index in [1.165, 1.54) is 43.6 Å². The number of carbonyl (C=O) groups excluding carboxylic acids is 1. The van der Waals surface area contributed by atoms with E-state index in [4.69, 9.17) is 11.4 Å². The molecule has 52 heavy (non-hydrogen) atoms. The monoisotopic (exact) mass is 657 g/mol. The topological polar surface area (TPSA) is 30.0 Å².